The molecule has 2 amide bonds. The highest BCUT2D eigenvalue weighted by molar-refractivity contribution is 5.95. The van der Waals surface area contributed by atoms with Crippen LogP contribution in [0.5, 0.6) is 5.75 Å². The number of hydrogen-bond donors (Lipinski definition) is 2. The van der Waals surface area contributed by atoms with Crippen molar-refractivity contribution in [1.82, 2.24) is 10.2 Å². The molecule has 6 nitrogen and oxygen atoms in total. The van der Waals surface area contributed by atoms with Crippen LogP contribution in [0.25, 0.3) is 0 Å². The molecule has 1 aliphatic rings. The average Bonchev–Trinajstić information content (AvgIpc) is 2.44. The zero-order valence-electron chi connectivity index (χ0n) is 12.2. The molecule has 2 rings (SSSR count). The number of carbonyl (C=O) groups excluding carboxylic acids is 2. The Bertz CT molecular complexity index is 609. The summed E-state index contributed by atoms with van der Waals surface area (Å²) in [5, 5.41) is 12.3. The number of carbonyl (C=O) groups is 2. The molecule has 1 aromatic carbocycles. The van der Waals surface area contributed by atoms with Crippen molar-refractivity contribution in [2.75, 3.05) is 13.7 Å². The number of esters is 1. The lowest BCUT2D eigenvalue weighted by Gasteiger charge is -2.33. The molecule has 112 valence electrons. The summed E-state index contributed by atoms with van der Waals surface area (Å²) in [6, 6.07) is 5.49. The van der Waals surface area contributed by atoms with E-state index >= 15 is 0 Å². The standard InChI is InChI=1S/C15H18N2O4/c1-4-21-14(19)12-9(2)17(3)15(20)16-13(12)10-6-5-7-11(18)8-10/h5-8,13,18H,4H2,1-3H3,(H,16,20)/t13-/m0/s1. The maximum atomic E-state index is 12.2. The molecule has 1 aliphatic heterocycles. The molecule has 0 unspecified atom stereocenters. The van der Waals surface area contributed by atoms with Crippen molar-refractivity contribution in [3.63, 3.8) is 0 Å². The van der Waals surface area contributed by atoms with Gasteiger partial charge in [-0.2, -0.15) is 0 Å². The summed E-state index contributed by atoms with van der Waals surface area (Å²) in [7, 11) is 1.59. The summed E-state index contributed by atoms with van der Waals surface area (Å²) >= 11 is 0. The summed E-state index contributed by atoms with van der Waals surface area (Å²) in [6.45, 7) is 3.67. The van der Waals surface area contributed by atoms with E-state index in [-0.39, 0.29) is 18.4 Å². The fourth-order valence-corrected chi connectivity index (χ4v) is 2.26. The van der Waals surface area contributed by atoms with Crippen molar-refractivity contribution in [2.24, 2.45) is 0 Å². The predicted octanol–water partition coefficient (Wildman–Crippen LogP) is 1.93. The minimum Gasteiger partial charge on any atom is -0.508 e. The van der Waals surface area contributed by atoms with E-state index in [1.54, 1.807) is 33.0 Å². The van der Waals surface area contributed by atoms with Crippen LogP contribution in [0.1, 0.15) is 25.5 Å². The number of rotatable bonds is 3. The second-order valence-electron chi connectivity index (χ2n) is 4.76. The Hall–Kier alpha value is -2.50. The summed E-state index contributed by atoms with van der Waals surface area (Å²) in [4.78, 5) is 25.5. The summed E-state index contributed by atoms with van der Waals surface area (Å²) in [5.41, 5.74) is 1.52. The highest BCUT2D eigenvalue weighted by Gasteiger charge is 2.34. The van der Waals surface area contributed by atoms with Crippen molar-refractivity contribution >= 4 is 12.0 Å². The number of allylic oxidation sites excluding steroid dienone is 1. The fourth-order valence-electron chi connectivity index (χ4n) is 2.26. The van der Waals surface area contributed by atoms with Crippen LogP contribution in [0.3, 0.4) is 0 Å². The second-order valence-corrected chi connectivity index (χ2v) is 4.76. The first-order chi connectivity index (χ1) is 9.95. The quantitative estimate of drug-likeness (QED) is 0.834. The Morgan fingerprint density at radius 3 is 2.81 bits per heavy atom. The maximum absolute atomic E-state index is 12.2. The fraction of sp³-hybridized carbons (Fsp3) is 0.333. The van der Waals surface area contributed by atoms with Crippen LogP contribution in [-0.2, 0) is 9.53 Å². The Morgan fingerprint density at radius 2 is 2.19 bits per heavy atom. The third-order valence-electron chi connectivity index (χ3n) is 3.45. The van der Waals surface area contributed by atoms with Gasteiger partial charge in [-0.3, -0.25) is 0 Å². The van der Waals surface area contributed by atoms with Gasteiger partial charge in [-0.1, -0.05) is 12.1 Å². The van der Waals surface area contributed by atoms with Crippen LogP contribution in [0, 0.1) is 0 Å². The van der Waals surface area contributed by atoms with Gasteiger partial charge in [-0.05, 0) is 31.5 Å². The average molecular weight is 290 g/mol. The van der Waals surface area contributed by atoms with Gasteiger partial charge in [0.2, 0.25) is 0 Å². The number of nitrogens with zero attached hydrogens (tertiary/aromatic N) is 1. The molecule has 6 heteroatoms. The monoisotopic (exact) mass is 290 g/mol. The largest absolute Gasteiger partial charge is 0.508 e. The van der Waals surface area contributed by atoms with Crippen molar-refractivity contribution in [2.45, 2.75) is 19.9 Å². The first-order valence-electron chi connectivity index (χ1n) is 6.66. The van der Waals surface area contributed by atoms with E-state index in [0.29, 0.717) is 16.8 Å². The van der Waals surface area contributed by atoms with Crippen LogP contribution >= 0.6 is 0 Å². The van der Waals surface area contributed by atoms with Crippen LogP contribution in [0.15, 0.2) is 35.5 Å². The Balaban J connectivity index is 2.51. The van der Waals surface area contributed by atoms with Gasteiger partial charge >= 0.3 is 12.0 Å². The predicted molar refractivity (Wildman–Crippen MR) is 76.5 cm³/mol. The molecule has 1 atom stereocenters. The van der Waals surface area contributed by atoms with Gasteiger partial charge in [-0.25, -0.2) is 9.59 Å². The van der Waals surface area contributed by atoms with Crippen molar-refractivity contribution < 1.29 is 19.4 Å². The number of phenols is 1. The smallest absolute Gasteiger partial charge is 0.338 e. The highest BCUT2D eigenvalue weighted by Crippen LogP contribution is 2.31. The van der Waals surface area contributed by atoms with Gasteiger partial charge < -0.3 is 20.1 Å². The molecule has 0 saturated heterocycles. The zero-order chi connectivity index (χ0) is 15.6. The Kier molecular flexibility index (Phi) is 4.16. The first-order valence-corrected chi connectivity index (χ1v) is 6.66. The number of hydrogen-bond acceptors (Lipinski definition) is 4. The highest BCUT2D eigenvalue weighted by atomic mass is 16.5. The van der Waals surface area contributed by atoms with Crippen LogP contribution in [0.4, 0.5) is 4.79 Å². The molecule has 0 fully saturated rings. The summed E-state index contributed by atoms with van der Waals surface area (Å²) < 4.78 is 5.08. The molecular formula is C15H18N2O4. The van der Waals surface area contributed by atoms with Gasteiger partial charge in [0.15, 0.2) is 0 Å². The number of ether oxygens (including phenoxy) is 1. The van der Waals surface area contributed by atoms with E-state index < -0.39 is 12.0 Å². The molecule has 1 aromatic rings. The molecule has 0 bridgehead atoms. The molecule has 21 heavy (non-hydrogen) atoms. The molecule has 0 aliphatic carbocycles. The lowest BCUT2D eigenvalue weighted by Crippen LogP contribution is -2.46. The molecule has 0 spiro atoms. The van der Waals surface area contributed by atoms with Gasteiger partial charge in [0.05, 0.1) is 18.2 Å². The second kappa shape index (κ2) is 5.87. The molecule has 1 heterocycles. The topological polar surface area (TPSA) is 78.9 Å². The lowest BCUT2D eigenvalue weighted by atomic mass is 9.95. The summed E-state index contributed by atoms with van der Waals surface area (Å²) in [6.07, 6.45) is 0. The number of urea groups is 1. The number of benzene rings is 1. The molecule has 0 saturated carbocycles. The van der Waals surface area contributed by atoms with Crippen molar-refractivity contribution in [1.29, 1.82) is 0 Å². The van der Waals surface area contributed by atoms with E-state index in [1.165, 1.54) is 17.0 Å². The molecule has 2 N–H and O–H groups in total. The van der Waals surface area contributed by atoms with E-state index in [9.17, 15) is 14.7 Å². The van der Waals surface area contributed by atoms with E-state index in [1.807, 2.05) is 0 Å². The molecule has 0 aromatic heterocycles. The van der Waals surface area contributed by atoms with Crippen LogP contribution in [0.2, 0.25) is 0 Å². The SMILES string of the molecule is CCOC(=O)C1=C(C)N(C)C(=O)N[C@H]1c1cccc(O)c1. The molecule has 0 radical (unpaired) electrons. The van der Waals surface area contributed by atoms with E-state index in [0.717, 1.165) is 0 Å². The van der Waals surface area contributed by atoms with Gasteiger partial charge in [0, 0.05) is 12.7 Å². The van der Waals surface area contributed by atoms with Crippen molar-refractivity contribution in [3.05, 3.63) is 41.1 Å². The van der Waals surface area contributed by atoms with Crippen molar-refractivity contribution in [3.8, 4) is 5.75 Å². The van der Waals surface area contributed by atoms with Gasteiger partial charge in [-0.15, -0.1) is 0 Å². The van der Waals surface area contributed by atoms with E-state index in [4.69, 9.17) is 4.74 Å². The first kappa shape index (κ1) is 14.9. The third-order valence-corrected chi connectivity index (χ3v) is 3.45. The zero-order valence-corrected chi connectivity index (χ0v) is 12.2. The third kappa shape index (κ3) is 2.84. The number of amides is 2. The van der Waals surface area contributed by atoms with Gasteiger partial charge in [0.1, 0.15) is 5.75 Å². The number of aromatic hydroxyl groups is 1. The van der Waals surface area contributed by atoms with Gasteiger partial charge in [0.25, 0.3) is 0 Å². The summed E-state index contributed by atoms with van der Waals surface area (Å²) in [5.74, 6) is -0.406. The van der Waals surface area contributed by atoms with Crippen LogP contribution in [-0.4, -0.2) is 35.7 Å². The Morgan fingerprint density at radius 1 is 1.48 bits per heavy atom. The molecular weight excluding hydrogens is 272 g/mol. The minimum absolute atomic E-state index is 0.0709. The van der Waals surface area contributed by atoms with Crippen LogP contribution < -0.4 is 5.32 Å². The maximum Gasteiger partial charge on any atom is 0.338 e. The number of phenolic OH excluding ortho intramolecular Hbond substituents is 1. The van der Waals surface area contributed by atoms with E-state index in [2.05, 4.69) is 5.32 Å². The lowest BCUT2D eigenvalue weighted by molar-refractivity contribution is -0.139. The Labute approximate surface area is 123 Å². The minimum atomic E-state index is -0.639. The normalized spacial score (nSPS) is 18.5. The number of nitrogens with one attached hydrogen (secondary N) is 1.